The molecule has 23 heavy (non-hydrogen) atoms. The van der Waals surface area contributed by atoms with Gasteiger partial charge in [-0.15, -0.1) is 0 Å². The Hall–Kier alpha value is -1.88. The zero-order valence-corrected chi connectivity index (χ0v) is 14.4. The number of aliphatic imine (C=N–C) groups is 1. The molecule has 122 valence electrons. The van der Waals surface area contributed by atoms with Gasteiger partial charge in [0.2, 0.25) is 0 Å². The van der Waals surface area contributed by atoms with Crippen molar-refractivity contribution < 1.29 is 9.15 Å². The molecule has 0 bridgehead atoms. The van der Waals surface area contributed by atoms with Crippen LogP contribution in [0.25, 0.3) is 0 Å². The Morgan fingerprint density at radius 3 is 2.61 bits per heavy atom. The van der Waals surface area contributed by atoms with E-state index in [9.17, 15) is 0 Å². The van der Waals surface area contributed by atoms with Crippen LogP contribution >= 0.6 is 11.8 Å². The van der Waals surface area contributed by atoms with Crippen LogP contribution in [0.15, 0.2) is 45.8 Å². The average molecular weight is 330 g/mol. The Balaban J connectivity index is 1.77. The van der Waals surface area contributed by atoms with Crippen LogP contribution in [0, 0.1) is 6.92 Å². The Kier molecular flexibility index (Phi) is 5.28. The number of hydrogen-bond acceptors (Lipinski definition) is 5. The van der Waals surface area contributed by atoms with E-state index in [0.29, 0.717) is 0 Å². The highest BCUT2D eigenvalue weighted by Gasteiger charge is 2.17. The summed E-state index contributed by atoms with van der Waals surface area (Å²) >= 11 is 1.83. The van der Waals surface area contributed by atoms with E-state index in [0.717, 1.165) is 54.2 Å². The summed E-state index contributed by atoms with van der Waals surface area (Å²) in [6.07, 6.45) is 1.16. The quantitative estimate of drug-likeness (QED) is 0.827. The standard InChI is InChI=1S/C18H22N2O2S/c1-14-4-7-17(22-14)13-20(18-19-10-3-11-23-18)12-15-5-8-16(21-2)9-6-15/h4-9H,3,10-13H2,1-2H3. The zero-order valence-electron chi connectivity index (χ0n) is 13.6. The third-order valence-corrected chi connectivity index (χ3v) is 4.86. The summed E-state index contributed by atoms with van der Waals surface area (Å²) in [5.74, 6) is 3.94. The monoisotopic (exact) mass is 330 g/mol. The topological polar surface area (TPSA) is 38.0 Å². The zero-order chi connectivity index (χ0) is 16.1. The highest BCUT2D eigenvalue weighted by molar-refractivity contribution is 8.13. The fraction of sp³-hybridized carbons (Fsp3) is 0.389. The number of furan rings is 1. The number of benzene rings is 1. The summed E-state index contributed by atoms with van der Waals surface area (Å²) in [5, 5.41) is 1.11. The summed E-state index contributed by atoms with van der Waals surface area (Å²) in [6.45, 7) is 4.45. The highest BCUT2D eigenvalue weighted by atomic mass is 32.2. The molecular formula is C18H22N2O2S. The van der Waals surface area contributed by atoms with Gasteiger partial charge in [-0.05, 0) is 43.2 Å². The van der Waals surface area contributed by atoms with Crippen molar-refractivity contribution in [2.24, 2.45) is 4.99 Å². The summed E-state index contributed by atoms with van der Waals surface area (Å²) in [4.78, 5) is 7.00. The van der Waals surface area contributed by atoms with E-state index < -0.39 is 0 Å². The number of nitrogens with zero attached hydrogens (tertiary/aromatic N) is 2. The molecule has 2 aromatic rings. The molecule has 1 aliphatic rings. The molecule has 0 aliphatic carbocycles. The molecule has 5 heteroatoms. The molecule has 2 heterocycles. The Labute approximate surface area is 141 Å². The van der Waals surface area contributed by atoms with Crippen LogP contribution in [0.2, 0.25) is 0 Å². The van der Waals surface area contributed by atoms with E-state index in [1.165, 1.54) is 5.56 Å². The fourth-order valence-corrected chi connectivity index (χ4v) is 3.49. The molecule has 0 N–H and O–H groups in total. The molecule has 4 nitrogen and oxygen atoms in total. The minimum Gasteiger partial charge on any atom is -0.497 e. The van der Waals surface area contributed by atoms with Crippen molar-refractivity contribution in [2.75, 3.05) is 19.4 Å². The number of aryl methyl sites for hydroxylation is 1. The molecule has 0 saturated carbocycles. The first-order valence-corrected chi connectivity index (χ1v) is 8.83. The first-order chi connectivity index (χ1) is 11.2. The number of amidine groups is 1. The summed E-state index contributed by atoms with van der Waals surface area (Å²) < 4.78 is 11.0. The van der Waals surface area contributed by atoms with Gasteiger partial charge < -0.3 is 14.1 Å². The van der Waals surface area contributed by atoms with Crippen LogP contribution in [0.1, 0.15) is 23.5 Å². The predicted molar refractivity (Wildman–Crippen MR) is 95.1 cm³/mol. The van der Waals surface area contributed by atoms with Crippen molar-refractivity contribution >= 4 is 16.9 Å². The molecule has 0 amide bonds. The van der Waals surface area contributed by atoms with Crippen molar-refractivity contribution in [3.8, 4) is 5.75 Å². The predicted octanol–water partition coefficient (Wildman–Crippen LogP) is 4.09. The van der Waals surface area contributed by atoms with E-state index in [2.05, 4.69) is 17.0 Å². The Bertz CT molecular complexity index is 664. The SMILES string of the molecule is COc1ccc(CN(Cc2ccc(C)o2)C2=NCCCS2)cc1. The molecule has 0 fully saturated rings. The van der Waals surface area contributed by atoms with Gasteiger partial charge >= 0.3 is 0 Å². The van der Waals surface area contributed by atoms with Crippen molar-refractivity contribution in [3.63, 3.8) is 0 Å². The first kappa shape index (κ1) is 16.0. The minimum atomic E-state index is 0.742. The van der Waals surface area contributed by atoms with Gasteiger partial charge in [-0.1, -0.05) is 23.9 Å². The number of ether oxygens (including phenoxy) is 1. The van der Waals surface area contributed by atoms with Crippen LogP contribution in [-0.2, 0) is 13.1 Å². The molecule has 0 atom stereocenters. The lowest BCUT2D eigenvalue weighted by atomic mass is 10.2. The summed E-state index contributed by atoms with van der Waals surface area (Å²) in [5.41, 5.74) is 1.24. The van der Waals surface area contributed by atoms with Crippen LogP contribution in [0.4, 0.5) is 0 Å². The van der Waals surface area contributed by atoms with E-state index in [1.54, 1.807) is 7.11 Å². The lowest BCUT2D eigenvalue weighted by Crippen LogP contribution is -2.29. The van der Waals surface area contributed by atoms with Gasteiger partial charge in [0, 0.05) is 18.8 Å². The molecule has 1 aromatic heterocycles. The molecule has 0 spiro atoms. The third kappa shape index (κ3) is 4.32. The first-order valence-electron chi connectivity index (χ1n) is 7.85. The van der Waals surface area contributed by atoms with Gasteiger partial charge in [0.25, 0.3) is 0 Å². The normalized spacial score (nSPS) is 14.4. The van der Waals surface area contributed by atoms with Gasteiger partial charge in [0.05, 0.1) is 13.7 Å². The van der Waals surface area contributed by atoms with Crippen molar-refractivity contribution in [1.82, 2.24) is 4.90 Å². The molecule has 0 radical (unpaired) electrons. The number of methoxy groups -OCH3 is 1. The molecule has 3 rings (SSSR count). The number of hydrogen-bond donors (Lipinski definition) is 0. The number of thioether (sulfide) groups is 1. The van der Waals surface area contributed by atoms with Crippen LogP contribution < -0.4 is 4.74 Å². The van der Waals surface area contributed by atoms with E-state index >= 15 is 0 Å². The molecule has 1 aliphatic heterocycles. The van der Waals surface area contributed by atoms with Crippen LogP contribution in [-0.4, -0.2) is 29.5 Å². The van der Waals surface area contributed by atoms with Crippen LogP contribution in [0.3, 0.4) is 0 Å². The Morgan fingerprint density at radius 2 is 2.00 bits per heavy atom. The maximum Gasteiger partial charge on any atom is 0.159 e. The van der Waals surface area contributed by atoms with Gasteiger partial charge in [-0.3, -0.25) is 4.99 Å². The second-order valence-corrected chi connectivity index (χ2v) is 6.64. The minimum absolute atomic E-state index is 0.742. The fourth-order valence-electron chi connectivity index (χ4n) is 2.54. The largest absolute Gasteiger partial charge is 0.497 e. The smallest absolute Gasteiger partial charge is 0.159 e. The second kappa shape index (κ2) is 7.59. The maximum atomic E-state index is 5.75. The van der Waals surface area contributed by atoms with Crippen LogP contribution in [0.5, 0.6) is 5.75 Å². The maximum absolute atomic E-state index is 5.75. The highest BCUT2D eigenvalue weighted by Crippen LogP contribution is 2.22. The third-order valence-electron chi connectivity index (χ3n) is 3.73. The van der Waals surface area contributed by atoms with E-state index in [1.807, 2.05) is 43.0 Å². The number of rotatable bonds is 5. The molecule has 0 saturated heterocycles. The Morgan fingerprint density at radius 1 is 1.17 bits per heavy atom. The lowest BCUT2D eigenvalue weighted by molar-refractivity contribution is 0.354. The summed E-state index contributed by atoms with van der Waals surface area (Å²) in [6, 6.07) is 12.3. The molecule has 0 unspecified atom stereocenters. The molecular weight excluding hydrogens is 308 g/mol. The average Bonchev–Trinajstić information content (AvgIpc) is 3.01. The van der Waals surface area contributed by atoms with Gasteiger partial charge in [-0.25, -0.2) is 0 Å². The molecule has 1 aromatic carbocycles. The summed E-state index contributed by atoms with van der Waals surface area (Å²) in [7, 11) is 1.69. The van der Waals surface area contributed by atoms with Crippen molar-refractivity contribution in [2.45, 2.75) is 26.4 Å². The van der Waals surface area contributed by atoms with E-state index in [4.69, 9.17) is 14.1 Å². The van der Waals surface area contributed by atoms with Gasteiger partial charge in [0.15, 0.2) is 5.17 Å². The van der Waals surface area contributed by atoms with Crippen molar-refractivity contribution in [3.05, 3.63) is 53.5 Å². The van der Waals surface area contributed by atoms with Gasteiger partial charge in [0.1, 0.15) is 17.3 Å². The van der Waals surface area contributed by atoms with E-state index in [-0.39, 0.29) is 0 Å². The van der Waals surface area contributed by atoms with Gasteiger partial charge in [-0.2, -0.15) is 0 Å². The second-order valence-electron chi connectivity index (χ2n) is 5.58. The lowest BCUT2D eigenvalue weighted by Gasteiger charge is -2.27. The van der Waals surface area contributed by atoms with Crippen molar-refractivity contribution in [1.29, 1.82) is 0 Å².